The Morgan fingerprint density at radius 2 is 1.52 bits per heavy atom. The van der Waals surface area contributed by atoms with E-state index in [4.69, 9.17) is 0 Å². The molecule has 0 radical (unpaired) electrons. The zero-order chi connectivity index (χ0) is 15.5. The lowest BCUT2D eigenvalue weighted by Gasteiger charge is -2.29. The Hall–Kier alpha value is -1.21. The average Bonchev–Trinajstić information content (AvgIpc) is 2.49. The van der Waals surface area contributed by atoms with Gasteiger partial charge in [-0.05, 0) is 49.4 Å². The third-order valence-corrected chi connectivity index (χ3v) is 5.71. The van der Waals surface area contributed by atoms with E-state index in [0.717, 1.165) is 6.42 Å². The minimum Gasteiger partial charge on any atom is -0.115 e. The van der Waals surface area contributed by atoms with E-state index in [-0.39, 0.29) is 4.75 Å². The fourth-order valence-corrected chi connectivity index (χ4v) is 3.61. The molecule has 1 heteroatoms. The van der Waals surface area contributed by atoms with E-state index < -0.39 is 0 Å². The van der Waals surface area contributed by atoms with Gasteiger partial charge in [0.25, 0.3) is 0 Å². The molecule has 2 aromatic carbocycles. The highest BCUT2D eigenvalue weighted by Crippen LogP contribution is 2.43. The second kappa shape index (κ2) is 6.70. The van der Waals surface area contributed by atoms with Gasteiger partial charge < -0.3 is 0 Å². The number of benzene rings is 2. The summed E-state index contributed by atoms with van der Waals surface area (Å²) in [5, 5.41) is 0. The van der Waals surface area contributed by atoms with Crippen LogP contribution in [-0.2, 0) is 4.75 Å². The van der Waals surface area contributed by atoms with Crippen molar-refractivity contribution in [2.24, 2.45) is 0 Å². The van der Waals surface area contributed by atoms with E-state index >= 15 is 0 Å². The van der Waals surface area contributed by atoms with Gasteiger partial charge in [-0.3, -0.25) is 0 Å². The van der Waals surface area contributed by atoms with Gasteiger partial charge in [0.05, 0.1) is 0 Å². The van der Waals surface area contributed by atoms with E-state index in [1.165, 1.54) is 21.6 Å². The highest BCUT2D eigenvalue weighted by Gasteiger charge is 2.26. The lowest BCUT2D eigenvalue weighted by atomic mass is 9.94. The molecule has 112 valence electrons. The monoisotopic (exact) mass is 298 g/mol. The maximum atomic E-state index is 2.35. The summed E-state index contributed by atoms with van der Waals surface area (Å²) in [6.07, 6.45) is 1.12. The summed E-state index contributed by atoms with van der Waals surface area (Å²) in [6, 6.07) is 18.0. The van der Waals surface area contributed by atoms with Gasteiger partial charge in [-0.25, -0.2) is 0 Å². The van der Waals surface area contributed by atoms with Crippen LogP contribution in [0.15, 0.2) is 53.4 Å². The minimum atomic E-state index is 0.130. The predicted octanol–water partition coefficient (Wildman–Crippen LogP) is 6.54. The molecule has 1 unspecified atom stereocenters. The van der Waals surface area contributed by atoms with Crippen LogP contribution in [0.3, 0.4) is 0 Å². The number of aryl methyl sites for hydroxylation is 1. The quantitative estimate of drug-likeness (QED) is 0.565. The lowest BCUT2D eigenvalue weighted by Crippen LogP contribution is -2.16. The van der Waals surface area contributed by atoms with Crippen molar-refractivity contribution in [1.29, 1.82) is 0 Å². The number of rotatable bonds is 5. The number of thioether (sulfide) groups is 1. The summed E-state index contributed by atoms with van der Waals surface area (Å²) in [7, 11) is 0. The molecule has 0 spiro atoms. The molecule has 0 saturated heterocycles. The van der Waals surface area contributed by atoms with Crippen LogP contribution >= 0.6 is 11.8 Å². The first-order valence-corrected chi connectivity index (χ1v) is 8.62. The van der Waals surface area contributed by atoms with Crippen LogP contribution < -0.4 is 0 Å². The summed E-state index contributed by atoms with van der Waals surface area (Å²) in [5.74, 6) is 0.594. The zero-order valence-electron chi connectivity index (χ0n) is 13.8. The van der Waals surface area contributed by atoms with Crippen molar-refractivity contribution in [2.75, 3.05) is 0 Å². The van der Waals surface area contributed by atoms with Crippen molar-refractivity contribution in [3.05, 3.63) is 65.2 Å². The van der Waals surface area contributed by atoms with Gasteiger partial charge in [0.2, 0.25) is 0 Å². The molecule has 0 aromatic heterocycles. The molecule has 0 nitrogen and oxygen atoms in total. The first-order valence-electron chi connectivity index (χ1n) is 7.81. The van der Waals surface area contributed by atoms with E-state index in [0.29, 0.717) is 5.92 Å². The highest BCUT2D eigenvalue weighted by molar-refractivity contribution is 8.00. The van der Waals surface area contributed by atoms with Gasteiger partial charge in [0, 0.05) is 9.64 Å². The summed E-state index contributed by atoms with van der Waals surface area (Å²) in [4.78, 5) is 1.35. The van der Waals surface area contributed by atoms with Gasteiger partial charge in [-0.15, -0.1) is 11.8 Å². The summed E-state index contributed by atoms with van der Waals surface area (Å²) in [6.45, 7) is 11.3. The van der Waals surface area contributed by atoms with Gasteiger partial charge in [0.15, 0.2) is 0 Å². The molecule has 0 aliphatic carbocycles. The Labute approximate surface area is 134 Å². The second-order valence-electron chi connectivity index (χ2n) is 6.28. The standard InChI is InChI=1S/C20H26S/c1-6-20(5,21-19-13-7-16(4)8-14-19)18-11-9-17(10-12-18)15(2)3/h7-15H,6H2,1-5H3. The molecular formula is C20H26S. The van der Waals surface area contributed by atoms with Crippen LogP contribution in [0.4, 0.5) is 0 Å². The van der Waals surface area contributed by atoms with Crippen LogP contribution in [-0.4, -0.2) is 0 Å². The molecule has 0 fully saturated rings. The number of hydrogen-bond acceptors (Lipinski definition) is 1. The molecule has 21 heavy (non-hydrogen) atoms. The fraction of sp³-hybridized carbons (Fsp3) is 0.400. The Morgan fingerprint density at radius 1 is 0.952 bits per heavy atom. The second-order valence-corrected chi connectivity index (χ2v) is 7.85. The smallest absolute Gasteiger partial charge is 0.0424 e. The molecule has 0 saturated carbocycles. The zero-order valence-corrected chi connectivity index (χ0v) is 14.6. The van der Waals surface area contributed by atoms with E-state index in [1.807, 2.05) is 11.8 Å². The Morgan fingerprint density at radius 3 is 2.00 bits per heavy atom. The Kier molecular flexibility index (Phi) is 5.16. The van der Waals surface area contributed by atoms with Crippen LogP contribution in [0.2, 0.25) is 0 Å². The predicted molar refractivity (Wildman–Crippen MR) is 95.2 cm³/mol. The van der Waals surface area contributed by atoms with Crippen molar-refractivity contribution in [2.45, 2.75) is 56.6 Å². The van der Waals surface area contributed by atoms with Crippen LogP contribution in [0, 0.1) is 6.92 Å². The van der Waals surface area contributed by atoms with Crippen molar-refractivity contribution >= 4 is 11.8 Å². The molecule has 0 aliphatic heterocycles. The third kappa shape index (κ3) is 3.91. The van der Waals surface area contributed by atoms with E-state index in [1.54, 1.807) is 0 Å². The first kappa shape index (κ1) is 16.2. The molecule has 0 aliphatic rings. The summed E-state index contributed by atoms with van der Waals surface area (Å²) in [5.41, 5.74) is 4.15. The summed E-state index contributed by atoms with van der Waals surface area (Å²) >= 11 is 1.97. The van der Waals surface area contributed by atoms with E-state index in [9.17, 15) is 0 Å². The van der Waals surface area contributed by atoms with Gasteiger partial charge in [0.1, 0.15) is 0 Å². The lowest BCUT2D eigenvalue weighted by molar-refractivity contribution is 0.663. The maximum Gasteiger partial charge on any atom is 0.0424 e. The van der Waals surface area contributed by atoms with Gasteiger partial charge >= 0.3 is 0 Å². The fourth-order valence-electron chi connectivity index (χ4n) is 2.42. The third-order valence-electron chi connectivity index (χ3n) is 4.23. The topological polar surface area (TPSA) is 0 Å². The van der Waals surface area contributed by atoms with Crippen molar-refractivity contribution in [1.82, 2.24) is 0 Å². The molecule has 0 heterocycles. The highest BCUT2D eigenvalue weighted by atomic mass is 32.2. The molecule has 1 atom stereocenters. The van der Waals surface area contributed by atoms with E-state index in [2.05, 4.69) is 83.1 Å². The number of hydrogen-bond donors (Lipinski definition) is 0. The average molecular weight is 298 g/mol. The normalized spacial score (nSPS) is 14.2. The van der Waals surface area contributed by atoms with Gasteiger partial charge in [-0.2, -0.15) is 0 Å². The van der Waals surface area contributed by atoms with Crippen LogP contribution in [0.25, 0.3) is 0 Å². The molecule has 0 bridgehead atoms. The first-order chi connectivity index (χ1) is 9.94. The van der Waals surface area contributed by atoms with Crippen LogP contribution in [0.5, 0.6) is 0 Å². The van der Waals surface area contributed by atoms with Crippen LogP contribution in [0.1, 0.15) is 56.7 Å². The van der Waals surface area contributed by atoms with Crippen molar-refractivity contribution in [3.8, 4) is 0 Å². The molecule has 2 rings (SSSR count). The largest absolute Gasteiger partial charge is 0.115 e. The minimum absolute atomic E-state index is 0.130. The SMILES string of the molecule is CCC(C)(Sc1ccc(C)cc1)c1ccc(C(C)C)cc1. The maximum absolute atomic E-state index is 2.35. The Balaban J connectivity index is 2.25. The Bertz CT molecular complexity index is 566. The van der Waals surface area contributed by atoms with Crippen molar-refractivity contribution < 1.29 is 0 Å². The van der Waals surface area contributed by atoms with Gasteiger partial charge in [-0.1, -0.05) is 62.7 Å². The molecule has 0 N–H and O–H groups in total. The summed E-state index contributed by atoms with van der Waals surface area (Å²) < 4.78 is 0.130. The molecular weight excluding hydrogens is 272 g/mol. The molecule has 2 aromatic rings. The molecule has 0 amide bonds. The van der Waals surface area contributed by atoms with Crippen molar-refractivity contribution in [3.63, 3.8) is 0 Å².